The van der Waals surface area contributed by atoms with Gasteiger partial charge < -0.3 is 10.2 Å². The number of hydrogen-bond acceptors (Lipinski definition) is 3. The van der Waals surface area contributed by atoms with Crippen LogP contribution in [0.3, 0.4) is 0 Å². The van der Waals surface area contributed by atoms with E-state index in [0.717, 1.165) is 17.1 Å². The van der Waals surface area contributed by atoms with Crippen molar-refractivity contribution in [3.05, 3.63) is 36.0 Å². The molecule has 84 valence electrons. The van der Waals surface area contributed by atoms with Gasteiger partial charge in [-0.05, 0) is 18.2 Å². The fourth-order valence-electron chi connectivity index (χ4n) is 1.54. The number of benzene rings is 1. The van der Waals surface area contributed by atoms with Crippen molar-refractivity contribution in [3.63, 3.8) is 0 Å². The maximum Gasteiger partial charge on any atom is 0.253 e. The first-order chi connectivity index (χ1) is 7.58. The lowest BCUT2D eigenvalue weighted by Crippen LogP contribution is -2.22. The largest absolute Gasteiger partial charge is 0.358 e. The highest BCUT2D eigenvalue weighted by Crippen LogP contribution is 2.34. The lowest BCUT2D eigenvalue weighted by Gasteiger charge is -2.20. The lowest BCUT2D eigenvalue weighted by molar-refractivity contribution is 0.0827. The van der Waals surface area contributed by atoms with Gasteiger partial charge in [-0.2, -0.15) is 0 Å². The van der Waals surface area contributed by atoms with E-state index in [-0.39, 0.29) is 5.91 Å². The van der Waals surface area contributed by atoms with Gasteiger partial charge in [0.25, 0.3) is 5.91 Å². The third-order valence-electron chi connectivity index (χ3n) is 2.35. The van der Waals surface area contributed by atoms with Gasteiger partial charge in [0.1, 0.15) is 0 Å². The second-order valence-electron chi connectivity index (χ2n) is 3.93. The van der Waals surface area contributed by atoms with Crippen LogP contribution in [0, 0.1) is 0 Å². The van der Waals surface area contributed by atoms with E-state index in [1.807, 2.05) is 18.2 Å². The normalized spacial score (nSPS) is 14.0. The number of carbonyl (C=O) groups is 1. The molecule has 1 amide bonds. The van der Waals surface area contributed by atoms with E-state index in [1.165, 1.54) is 4.90 Å². The van der Waals surface area contributed by atoms with Crippen molar-refractivity contribution < 1.29 is 4.79 Å². The van der Waals surface area contributed by atoms with Crippen LogP contribution < -0.4 is 5.32 Å². The molecule has 2 rings (SSSR count). The Morgan fingerprint density at radius 3 is 2.94 bits per heavy atom. The highest BCUT2D eigenvalue weighted by Gasteiger charge is 2.15. The molecule has 0 saturated carbocycles. The van der Waals surface area contributed by atoms with E-state index in [4.69, 9.17) is 0 Å². The summed E-state index contributed by atoms with van der Waals surface area (Å²) in [7, 11) is 3.51. The zero-order valence-electron chi connectivity index (χ0n) is 9.41. The molecule has 1 aliphatic rings. The number of thioether (sulfide) groups is 1. The maximum absolute atomic E-state index is 11.8. The molecule has 0 fully saturated rings. The second-order valence-corrected chi connectivity index (χ2v) is 4.94. The van der Waals surface area contributed by atoms with Gasteiger partial charge >= 0.3 is 0 Å². The van der Waals surface area contributed by atoms with Crippen molar-refractivity contribution in [2.75, 3.05) is 25.2 Å². The molecule has 1 aromatic carbocycles. The van der Waals surface area contributed by atoms with Crippen molar-refractivity contribution >= 4 is 23.4 Å². The van der Waals surface area contributed by atoms with E-state index in [9.17, 15) is 4.79 Å². The predicted octanol–water partition coefficient (Wildman–Crippen LogP) is 2.42. The van der Waals surface area contributed by atoms with Crippen LogP contribution in [0.4, 0.5) is 5.69 Å². The van der Waals surface area contributed by atoms with Gasteiger partial charge in [0.05, 0.1) is 5.69 Å². The van der Waals surface area contributed by atoms with Gasteiger partial charge in [-0.3, -0.25) is 4.79 Å². The average Bonchev–Trinajstić information content (AvgIpc) is 2.26. The van der Waals surface area contributed by atoms with Gasteiger partial charge in [0.2, 0.25) is 0 Å². The minimum absolute atomic E-state index is 0.0192. The molecule has 1 N–H and O–H groups in total. The first kappa shape index (κ1) is 11.1. The second kappa shape index (κ2) is 4.22. The number of carbonyl (C=O) groups excluding carboxylic acids is 1. The third kappa shape index (κ3) is 2.07. The molecule has 1 aromatic rings. The van der Waals surface area contributed by atoms with Gasteiger partial charge in [0, 0.05) is 36.0 Å². The minimum Gasteiger partial charge on any atom is -0.358 e. The molecule has 0 radical (unpaired) electrons. The molecule has 0 aromatic heterocycles. The van der Waals surface area contributed by atoms with Gasteiger partial charge in [-0.15, -0.1) is 11.8 Å². The Morgan fingerprint density at radius 2 is 2.25 bits per heavy atom. The van der Waals surface area contributed by atoms with Crippen LogP contribution in [0.1, 0.15) is 10.4 Å². The van der Waals surface area contributed by atoms with Crippen LogP contribution >= 0.6 is 11.8 Å². The summed E-state index contributed by atoms with van der Waals surface area (Å²) in [6.45, 7) is 3.90. The van der Waals surface area contributed by atoms with E-state index in [2.05, 4.69) is 11.9 Å². The molecule has 16 heavy (non-hydrogen) atoms. The van der Waals surface area contributed by atoms with Crippen LogP contribution in [-0.4, -0.2) is 30.7 Å². The molecular formula is C12H14N2OS. The highest BCUT2D eigenvalue weighted by molar-refractivity contribution is 7.99. The van der Waals surface area contributed by atoms with E-state index >= 15 is 0 Å². The molecule has 4 heteroatoms. The van der Waals surface area contributed by atoms with Crippen molar-refractivity contribution in [1.29, 1.82) is 0 Å². The summed E-state index contributed by atoms with van der Waals surface area (Å²) in [4.78, 5) is 14.5. The molecule has 0 unspecified atom stereocenters. The van der Waals surface area contributed by atoms with Crippen LogP contribution in [0.25, 0.3) is 0 Å². The molecule has 3 nitrogen and oxygen atoms in total. The number of anilines is 1. The summed E-state index contributed by atoms with van der Waals surface area (Å²) >= 11 is 1.74. The van der Waals surface area contributed by atoms with Crippen molar-refractivity contribution in [1.82, 2.24) is 4.90 Å². The zero-order chi connectivity index (χ0) is 11.7. The molecule has 0 aliphatic carbocycles. The summed E-state index contributed by atoms with van der Waals surface area (Å²) in [5.74, 6) is 0.902. The Kier molecular flexibility index (Phi) is 2.92. The summed E-state index contributed by atoms with van der Waals surface area (Å²) in [5.41, 5.74) is 2.66. The Labute approximate surface area is 99.5 Å². The van der Waals surface area contributed by atoms with E-state index in [1.54, 1.807) is 30.8 Å². The van der Waals surface area contributed by atoms with Crippen LogP contribution in [0.15, 0.2) is 35.4 Å². The zero-order valence-corrected chi connectivity index (χ0v) is 10.2. The van der Waals surface area contributed by atoms with E-state index in [0.29, 0.717) is 5.56 Å². The molecule has 0 saturated heterocycles. The quantitative estimate of drug-likeness (QED) is 0.810. The Bertz CT molecular complexity index is 454. The Hall–Kier alpha value is -1.42. The fraction of sp³-hybridized carbons (Fsp3) is 0.250. The third-order valence-corrected chi connectivity index (χ3v) is 3.51. The number of rotatable bonds is 1. The number of fused-ring (bicyclic) bond motifs is 1. The molecule has 0 atom stereocenters. The summed E-state index contributed by atoms with van der Waals surface area (Å²) in [6.07, 6.45) is 0. The van der Waals surface area contributed by atoms with Crippen molar-refractivity contribution in [3.8, 4) is 0 Å². The molecule has 0 spiro atoms. The highest BCUT2D eigenvalue weighted by atomic mass is 32.2. The van der Waals surface area contributed by atoms with Crippen molar-refractivity contribution in [2.24, 2.45) is 0 Å². The monoisotopic (exact) mass is 234 g/mol. The summed E-state index contributed by atoms with van der Waals surface area (Å²) in [6, 6.07) is 5.73. The Balaban J connectivity index is 2.35. The SMILES string of the molecule is C=C1CSc2ccc(C(=O)N(C)C)cc2N1. The van der Waals surface area contributed by atoms with Gasteiger partial charge in [-0.25, -0.2) is 0 Å². The first-order valence-electron chi connectivity index (χ1n) is 5.01. The first-order valence-corrected chi connectivity index (χ1v) is 6.00. The number of nitrogens with zero attached hydrogens (tertiary/aromatic N) is 1. The number of amides is 1. The van der Waals surface area contributed by atoms with Crippen LogP contribution in [0.2, 0.25) is 0 Å². The summed E-state index contributed by atoms with van der Waals surface area (Å²) in [5, 5.41) is 3.21. The minimum atomic E-state index is 0.0192. The van der Waals surface area contributed by atoms with Crippen LogP contribution in [0.5, 0.6) is 0 Å². The molecule has 0 bridgehead atoms. The Morgan fingerprint density at radius 1 is 1.50 bits per heavy atom. The molecule has 1 heterocycles. The smallest absolute Gasteiger partial charge is 0.253 e. The van der Waals surface area contributed by atoms with Gasteiger partial charge in [-0.1, -0.05) is 6.58 Å². The summed E-state index contributed by atoms with van der Waals surface area (Å²) < 4.78 is 0. The fourth-order valence-corrected chi connectivity index (χ4v) is 2.37. The van der Waals surface area contributed by atoms with Crippen molar-refractivity contribution in [2.45, 2.75) is 4.90 Å². The van der Waals surface area contributed by atoms with E-state index < -0.39 is 0 Å². The molecule has 1 aliphatic heterocycles. The van der Waals surface area contributed by atoms with Crippen LogP contribution in [-0.2, 0) is 0 Å². The standard InChI is InChI=1S/C12H14N2OS/c1-8-7-16-11-5-4-9(6-10(11)13-8)12(15)14(2)3/h4-6,13H,1,7H2,2-3H3. The predicted molar refractivity (Wildman–Crippen MR) is 67.9 cm³/mol. The number of nitrogens with one attached hydrogen (secondary N) is 1. The topological polar surface area (TPSA) is 32.3 Å². The number of hydrogen-bond donors (Lipinski definition) is 1. The maximum atomic E-state index is 11.8. The van der Waals surface area contributed by atoms with Gasteiger partial charge in [0.15, 0.2) is 0 Å². The molecular weight excluding hydrogens is 220 g/mol. The average molecular weight is 234 g/mol. The lowest BCUT2D eigenvalue weighted by atomic mass is 10.1.